The molecule has 136 valence electrons. The van der Waals surface area contributed by atoms with E-state index in [1.54, 1.807) is 36.4 Å². The second kappa shape index (κ2) is 6.91. The molecule has 2 N–H and O–H groups in total. The molecule has 1 aliphatic heterocycles. The smallest absolute Gasteiger partial charge is 0.325 e. The molecule has 26 heavy (non-hydrogen) atoms. The van der Waals surface area contributed by atoms with Gasteiger partial charge in [0.25, 0.3) is 5.91 Å². The van der Waals surface area contributed by atoms with Gasteiger partial charge in [-0.05, 0) is 38.1 Å². The molecule has 4 amide bonds. The van der Waals surface area contributed by atoms with Gasteiger partial charge >= 0.3 is 6.03 Å². The summed E-state index contributed by atoms with van der Waals surface area (Å²) in [6.45, 7) is 3.40. The summed E-state index contributed by atoms with van der Waals surface area (Å²) < 4.78 is 10.7. The number of urea groups is 1. The second-order valence-electron chi connectivity index (χ2n) is 5.90. The summed E-state index contributed by atoms with van der Waals surface area (Å²) >= 11 is 0. The van der Waals surface area contributed by atoms with Crippen LogP contribution in [0.1, 0.15) is 19.6 Å². The lowest BCUT2D eigenvalue weighted by molar-refractivity contribution is -0.134. The van der Waals surface area contributed by atoms with E-state index in [1.165, 1.54) is 13.2 Å². The Balaban J connectivity index is 1.72. The number of hydrogen-bond donors (Lipinski definition) is 2. The number of rotatable bonds is 6. The summed E-state index contributed by atoms with van der Waals surface area (Å²) in [5, 5.41) is 5.24. The lowest BCUT2D eigenvalue weighted by Gasteiger charge is -2.19. The standard InChI is InChI=1S/C18H19N3O5/c1-3-25-13-8-5-4-7-12(13)19-15(22)11-21-16(23)18(2,20-17(21)24)14-9-6-10-26-14/h4-10H,3,11H2,1-2H3,(H,19,22)(H,20,24)/t18-/m1/s1. The molecule has 1 aliphatic rings. The highest BCUT2D eigenvalue weighted by Crippen LogP contribution is 2.29. The Morgan fingerprint density at radius 2 is 2.04 bits per heavy atom. The Morgan fingerprint density at radius 1 is 1.27 bits per heavy atom. The molecule has 8 heteroatoms. The third kappa shape index (κ3) is 3.13. The van der Waals surface area contributed by atoms with Crippen LogP contribution in [-0.4, -0.2) is 35.9 Å². The fourth-order valence-corrected chi connectivity index (χ4v) is 2.76. The van der Waals surface area contributed by atoms with Crippen LogP contribution in [0.2, 0.25) is 0 Å². The Kier molecular flexibility index (Phi) is 4.66. The van der Waals surface area contributed by atoms with E-state index in [-0.39, 0.29) is 0 Å². The first kappa shape index (κ1) is 17.5. The van der Waals surface area contributed by atoms with Crippen molar-refractivity contribution in [1.29, 1.82) is 0 Å². The fraction of sp³-hybridized carbons (Fsp3) is 0.278. The third-order valence-corrected chi connectivity index (χ3v) is 4.05. The lowest BCUT2D eigenvalue weighted by atomic mass is 9.99. The molecule has 8 nitrogen and oxygen atoms in total. The normalized spacial score (nSPS) is 19.4. The van der Waals surface area contributed by atoms with Crippen molar-refractivity contribution in [1.82, 2.24) is 10.2 Å². The van der Waals surface area contributed by atoms with Gasteiger partial charge in [0, 0.05) is 0 Å². The van der Waals surface area contributed by atoms with Crippen molar-refractivity contribution in [3.8, 4) is 5.75 Å². The summed E-state index contributed by atoms with van der Waals surface area (Å²) in [4.78, 5) is 38.1. The van der Waals surface area contributed by atoms with Crippen LogP contribution in [0.5, 0.6) is 5.75 Å². The van der Waals surface area contributed by atoms with Crippen molar-refractivity contribution < 1.29 is 23.5 Å². The van der Waals surface area contributed by atoms with Crippen LogP contribution in [-0.2, 0) is 15.1 Å². The van der Waals surface area contributed by atoms with E-state index in [0.717, 1.165) is 4.90 Å². The van der Waals surface area contributed by atoms with Crippen molar-refractivity contribution in [2.75, 3.05) is 18.5 Å². The highest BCUT2D eigenvalue weighted by molar-refractivity contribution is 6.10. The van der Waals surface area contributed by atoms with Crippen molar-refractivity contribution in [3.05, 3.63) is 48.4 Å². The summed E-state index contributed by atoms with van der Waals surface area (Å²) in [6.07, 6.45) is 1.42. The predicted octanol–water partition coefficient (Wildman–Crippen LogP) is 2.08. The molecule has 1 aromatic carbocycles. The van der Waals surface area contributed by atoms with Gasteiger partial charge in [0.1, 0.15) is 18.1 Å². The lowest BCUT2D eigenvalue weighted by Crippen LogP contribution is -2.41. The molecule has 2 heterocycles. The number of ether oxygens (including phenoxy) is 1. The molecule has 1 saturated heterocycles. The number of benzene rings is 1. The number of nitrogens with one attached hydrogen (secondary N) is 2. The molecule has 1 fully saturated rings. The van der Waals surface area contributed by atoms with Gasteiger partial charge in [-0.3, -0.25) is 14.5 Å². The number of para-hydroxylation sites is 2. The highest BCUT2D eigenvalue weighted by atomic mass is 16.5. The first-order chi connectivity index (χ1) is 12.5. The molecule has 0 radical (unpaired) electrons. The zero-order chi connectivity index (χ0) is 18.7. The largest absolute Gasteiger partial charge is 0.492 e. The number of furan rings is 1. The van der Waals surface area contributed by atoms with Gasteiger partial charge < -0.3 is 19.8 Å². The number of anilines is 1. The van der Waals surface area contributed by atoms with Gasteiger partial charge in [0.15, 0.2) is 5.54 Å². The number of imide groups is 1. The zero-order valence-corrected chi connectivity index (χ0v) is 14.4. The van der Waals surface area contributed by atoms with E-state index >= 15 is 0 Å². The van der Waals surface area contributed by atoms with Crippen molar-refractivity contribution in [2.45, 2.75) is 19.4 Å². The molecule has 1 aromatic heterocycles. The Bertz CT molecular complexity index is 833. The van der Waals surface area contributed by atoms with Crippen LogP contribution in [0.4, 0.5) is 10.5 Å². The molecule has 0 unspecified atom stereocenters. The predicted molar refractivity (Wildman–Crippen MR) is 92.5 cm³/mol. The Labute approximate surface area is 150 Å². The summed E-state index contributed by atoms with van der Waals surface area (Å²) in [6, 6.07) is 9.51. The van der Waals surface area contributed by atoms with Gasteiger partial charge in [-0.2, -0.15) is 0 Å². The maximum Gasteiger partial charge on any atom is 0.325 e. The van der Waals surface area contributed by atoms with Crippen LogP contribution in [0.3, 0.4) is 0 Å². The summed E-state index contributed by atoms with van der Waals surface area (Å²) in [7, 11) is 0. The molecule has 1 atom stereocenters. The second-order valence-corrected chi connectivity index (χ2v) is 5.90. The number of hydrogen-bond acceptors (Lipinski definition) is 5. The number of amides is 4. The minimum Gasteiger partial charge on any atom is -0.492 e. The molecular weight excluding hydrogens is 338 g/mol. The molecule has 2 aromatic rings. The average molecular weight is 357 g/mol. The number of nitrogens with zero attached hydrogens (tertiary/aromatic N) is 1. The molecule has 0 saturated carbocycles. The molecule has 0 aliphatic carbocycles. The van der Waals surface area contributed by atoms with E-state index in [0.29, 0.717) is 23.8 Å². The Morgan fingerprint density at radius 3 is 2.73 bits per heavy atom. The number of carbonyl (C=O) groups excluding carboxylic acids is 3. The van der Waals surface area contributed by atoms with E-state index in [9.17, 15) is 14.4 Å². The molecular formula is C18H19N3O5. The third-order valence-electron chi connectivity index (χ3n) is 4.05. The molecule has 3 rings (SSSR count). The Hall–Kier alpha value is -3.29. The van der Waals surface area contributed by atoms with Gasteiger partial charge in [-0.1, -0.05) is 12.1 Å². The van der Waals surface area contributed by atoms with E-state index in [4.69, 9.17) is 9.15 Å². The average Bonchev–Trinajstić information content (AvgIpc) is 3.22. The van der Waals surface area contributed by atoms with Crippen molar-refractivity contribution in [3.63, 3.8) is 0 Å². The van der Waals surface area contributed by atoms with Gasteiger partial charge in [-0.25, -0.2) is 4.79 Å². The maximum absolute atomic E-state index is 12.7. The van der Waals surface area contributed by atoms with Crippen molar-refractivity contribution in [2.24, 2.45) is 0 Å². The SMILES string of the molecule is CCOc1ccccc1NC(=O)CN1C(=O)N[C@](C)(c2ccco2)C1=O. The fourth-order valence-electron chi connectivity index (χ4n) is 2.76. The quantitative estimate of drug-likeness (QED) is 0.771. The monoisotopic (exact) mass is 357 g/mol. The minimum absolute atomic E-state index is 0.306. The summed E-state index contributed by atoms with van der Waals surface area (Å²) in [5.74, 6) is -0.239. The van der Waals surface area contributed by atoms with Crippen LogP contribution in [0.25, 0.3) is 0 Å². The van der Waals surface area contributed by atoms with Crippen LogP contribution in [0.15, 0.2) is 47.1 Å². The van der Waals surface area contributed by atoms with Crippen molar-refractivity contribution >= 4 is 23.5 Å². The zero-order valence-electron chi connectivity index (χ0n) is 14.4. The molecule has 0 bridgehead atoms. The van der Waals surface area contributed by atoms with E-state index < -0.39 is 29.9 Å². The first-order valence-corrected chi connectivity index (χ1v) is 8.15. The number of carbonyl (C=O) groups is 3. The van der Waals surface area contributed by atoms with Crippen LogP contribution < -0.4 is 15.4 Å². The van der Waals surface area contributed by atoms with Gasteiger partial charge in [0.05, 0.1) is 18.6 Å². The van der Waals surface area contributed by atoms with Gasteiger partial charge in [-0.15, -0.1) is 0 Å². The van der Waals surface area contributed by atoms with E-state index in [1.807, 2.05) is 6.92 Å². The van der Waals surface area contributed by atoms with Gasteiger partial charge in [0.2, 0.25) is 5.91 Å². The van der Waals surface area contributed by atoms with Crippen LogP contribution in [0, 0.1) is 0 Å². The summed E-state index contributed by atoms with van der Waals surface area (Å²) in [5.41, 5.74) is -0.857. The highest BCUT2D eigenvalue weighted by Gasteiger charge is 2.51. The maximum atomic E-state index is 12.7. The van der Waals surface area contributed by atoms with Crippen LogP contribution >= 0.6 is 0 Å². The van der Waals surface area contributed by atoms with E-state index in [2.05, 4.69) is 10.6 Å². The first-order valence-electron chi connectivity index (χ1n) is 8.15. The topological polar surface area (TPSA) is 101 Å². The molecule has 0 spiro atoms. The minimum atomic E-state index is -1.33.